The van der Waals surface area contributed by atoms with Gasteiger partial charge in [-0.1, -0.05) is 54.1 Å². The molecule has 0 aliphatic heterocycles. The maximum atomic E-state index is 8.66. The summed E-state index contributed by atoms with van der Waals surface area (Å²) in [4.78, 5) is 0. The largest absolute Gasteiger partial charge is 0.392 e. The van der Waals surface area contributed by atoms with Crippen LogP contribution in [0.15, 0.2) is 48.5 Å². The zero-order valence-electron chi connectivity index (χ0n) is 10.8. The van der Waals surface area contributed by atoms with Crippen molar-refractivity contribution in [2.45, 2.75) is 27.4 Å². The monoisotopic (exact) mass is 228 g/mol. The molecule has 2 aromatic carbocycles. The smallest absolute Gasteiger partial charge is 0.0681 e. The predicted molar refractivity (Wildman–Crippen MR) is 73.0 cm³/mol. The van der Waals surface area contributed by atoms with E-state index in [0.717, 1.165) is 5.56 Å². The van der Waals surface area contributed by atoms with E-state index in [9.17, 15) is 0 Å². The summed E-state index contributed by atoms with van der Waals surface area (Å²) >= 11 is 0. The number of aliphatic hydroxyl groups excluding tert-OH is 1. The van der Waals surface area contributed by atoms with Gasteiger partial charge in [0, 0.05) is 0 Å². The van der Waals surface area contributed by atoms with Crippen LogP contribution in [0.4, 0.5) is 0 Å². The summed E-state index contributed by atoms with van der Waals surface area (Å²) in [6, 6.07) is 16.2. The van der Waals surface area contributed by atoms with Gasteiger partial charge in [0.1, 0.15) is 0 Å². The van der Waals surface area contributed by atoms with Gasteiger partial charge >= 0.3 is 0 Å². The third-order valence-corrected chi connectivity index (χ3v) is 2.69. The highest BCUT2D eigenvalue weighted by Gasteiger charge is 1.87. The Hall–Kier alpha value is -1.60. The average Bonchev–Trinajstić information content (AvgIpc) is 2.34. The highest BCUT2D eigenvalue weighted by Crippen LogP contribution is 2.03. The van der Waals surface area contributed by atoms with Crippen molar-refractivity contribution >= 4 is 0 Å². The lowest BCUT2D eigenvalue weighted by molar-refractivity contribution is 0.282. The maximum Gasteiger partial charge on any atom is 0.0681 e. The van der Waals surface area contributed by atoms with Gasteiger partial charge in [0.15, 0.2) is 0 Å². The molecular weight excluding hydrogens is 208 g/mol. The predicted octanol–water partition coefficient (Wildman–Crippen LogP) is 3.79. The first-order chi connectivity index (χ1) is 8.13. The molecule has 0 saturated heterocycles. The third-order valence-electron chi connectivity index (χ3n) is 2.69. The molecule has 0 aliphatic rings. The quantitative estimate of drug-likeness (QED) is 0.787. The number of rotatable bonds is 1. The van der Waals surface area contributed by atoms with E-state index in [2.05, 4.69) is 38.1 Å². The minimum absolute atomic E-state index is 0.141. The normalized spacial score (nSPS) is 9.41. The molecule has 0 bridgehead atoms. The molecule has 0 unspecified atom stereocenters. The summed E-state index contributed by atoms with van der Waals surface area (Å²) in [6.07, 6.45) is 0. The minimum Gasteiger partial charge on any atom is -0.392 e. The molecule has 0 radical (unpaired) electrons. The van der Waals surface area contributed by atoms with Crippen LogP contribution in [0.1, 0.15) is 22.3 Å². The van der Waals surface area contributed by atoms with Gasteiger partial charge in [-0.05, 0) is 37.5 Å². The second kappa shape index (κ2) is 6.87. The molecular formula is C16H20O. The van der Waals surface area contributed by atoms with Crippen molar-refractivity contribution in [2.75, 3.05) is 0 Å². The van der Waals surface area contributed by atoms with E-state index in [-0.39, 0.29) is 6.61 Å². The standard InChI is InChI=1S/C8H10O.C8H10/c1-7-3-2-4-8(5-7)6-9;1-7-5-3-4-6-8(7)2/h2-5,9H,6H2,1H3;3-6H,1-2H3. The van der Waals surface area contributed by atoms with Crippen molar-refractivity contribution in [3.8, 4) is 0 Å². The van der Waals surface area contributed by atoms with Crippen LogP contribution in [0.5, 0.6) is 0 Å². The van der Waals surface area contributed by atoms with E-state index in [0.29, 0.717) is 0 Å². The maximum absolute atomic E-state index is 8.66. The van der Waals surface area contributed by atoms with E-state index >= 15 is 0 Å². The van der Waals surface area contributed by atoms with Crippen molar-refractivity contribution in [1.29, 1.82) is 0 Å². The fraction of sp³-hybridized carbons (Fsp3) is 0.250. The van der Waals surface area contributed by atoms with Gasteiger partial charge in [-0.25, -0.2) is 0 Å². The van der Waals surface area contributed by atoms with Crippen molar-refractivity contribution in [3.63, 3.8) is 0 Å². The highest BCUT2D eigenvalue weighted by molar-refractivity contribution is 5.23. The molecule has 90 valence electrons. The number of benzene rings is 2. The minimum atomic E-state index is 0.141. The first kappa shape index (κ1) is 13.5. The van der Waals surface area contributed by atoms with E-state index in [4.69, 9.17) is 5.11 Å². The Morgan fingerprint density at radius 1 is 0.824 bits per heavy atom. The third kappa shape index (κ3) is 4.83. The first-order valence-corrected chi connectivity index (χ1v) is 5.82. The van der Waals surface area contributed by atoms with E-state index in [1.54, 1.807) is 0 Å². The summed E-state index contributed by atoms with van der Waals surface area (Å²) in [5, 5.41) is 8.66. The van der Waals surface area contributed by atoms with Gasteiger partial charge in [-0.2, -0.15) is 0 Å². The van der Waals surface area contributed by atoms with Crippen LogP contribution in [0.2, 0.25) is 0 Å². The number of aryl methyl sites for hydroxylation is 3. The van der Waals surface area contributed by atoms with E-state index in [1.807, 2.05) is 31.2 Å². The van der Waals surface area contributed by atoms with Crippen LogP contribution in [-0.2, 0) is 6.61 Å². The Morgan fingerprint density at radius 3 is 1.76 bits per heavy atom. The van der Waals surface area contributed by atoms with Gasteiger partial charge in [0.2, 0.25) is 0 Å². The SMILES string of the molecule is Cc1cccc(CO)c1.Cc1ccccc1C. The lowest BCUT2D eigenvalue weighted by Gasteiger charge is -1.94. The van der Waals surface area contributed by atoms with Crippen LogP contribution in [-0.4, -0.2) is 5.11 Å². The van der Waals surface area contributed by atoms with Gasteiger partial charge in [0.25, 0.3) is 0 Å². The topological polar surface area (TPSA) is 20.2 Å². The summed E-state index contributed by atoms with van der Waals surface area (Å²) in [7, 11) is 0. The molecule has 0 spiro atoms. The van der Waals surface area contributed by atoms with Crippen molar-refractivity contribution in [2.24, 2.45) is 0 Å². The average molecular weight is 228 g/mol. The van der Waals surface area contributed by atoms with Crippen LogP contribution in [0.25, 0.3) is 0 Å². The van der Waals surface area contributed by atoms with Crippen LogP contribution >= 0.6 is 0 Å². The summed E-state index contributed by atoms with van der Waals surface area (Å²) in [5.41, 5.74) is 4.91. The van der Waals surface area contributed by atoms with Gasteiger partial charge in [0.05, 0.1) is 6.61 Å². The number of hydrogen-bond acceptors (Lipinski definition) is 1. The summed E-state index contributed by atoms with van der Waals surface area (Å²) < 4.78 is 0. The van der Waals surface area contributed by atoms with Crippen LogP contribution in [0, 0.1) is 20.8 Å². The van der Waals surface area contributed by atoms with E-state index in [1.165, 1.54) is 16.7 Å². The number of aliphatic hydroxyl groups is 1. The molecule has 0 fully saturated rings. The Balaban J connectivity index is 0.000000171. The van der Waals surface area contributed by atoms with Crippen molar-refractivity contribution in [1.82, 2.24) is 0 Å². The van der Waals surface area contributed by atoms with Crippen LogP contribution < -0.4 is 0 Å². The molecule has 0 heterocycles. The fourth-order valence-corrected chi connectivity index (χ4v) is 1.47. The second-order valence-electron chi connectivity index (χ2n) is 4.23. The molecule has 0 aliphatic carbocycles. The molecule has 2 aromatic rings. The summed E-state index contributed by atoms with van der Waals surface area (Å²) in [6.45, 7) is 6.39. The fourth-order valence-electron chi connectivity index (χ4n) is 1.47. The second-order valence-corrected chi connectivity index (χ2v) is 4.23. The molecule has 2 rings (SSSR count). The molecule has 0 aromatic heterocycles. The van der Waals surface area contributed by atoms with E-state index < -0.39 is 0 Å². The lowest BCUT2D eigenvalue weighted by atomic mass is 10.1. The molecule has 1 heteroatoms. The lowest BCUT2D eigenvalue weighted by Crippen LogP contribution is -1.81. The van der Waals surface area contributed by atoms with Gasteiger partial charge < -0.3 is 5.11 Å². The molecule has 1 N–H and O–H groups in total. The first-order valence-electron chi connectivity index (χ1n) is 5.82. The van der Waals surface area contributed by atoms with Crippen molar-refractivity contribution in [3.05, 3.63) is 70.8 Å². The Bertz CT molecular complexity index is 440. The van der Waals surface area contributed by atoms with Crippen LogP contribution in [0.3, 0.4) is 0 Å². The van der Waals surface area contributed by atoms with Gasteiger partial charge in [-0.3, -0.25) is 0 Å². The highest BCUT2D eigenvalue weighted by atomic mass is 16.3. The zero-order chi connectivity index (χ0) is 12.7. The number of hydrogen-bond donors (Lipinski definition) is 1. The Labute approximate surface area is 104 Å². The molecule has 0 saturated carbocycles. The van der Waals surface area contributed by atoms with Gasteiger partial charge in [-0.15, -0.1) is 0 Å². The molecule has 17 heavy (non-hydrogen) atoms. The Morgan fingerprint density at radius 2 is 1.41 bits per heavy atom. The Kier molecular flexibility index (Phi) is 5.44. The molecule has 1 nitrogen and oxygen atoms in total. The van der Waals surface area contributed by atoms with Crippen molar-refractivity contribution < 1.29 is 5.11 Å². The molecule has 0 atom stereocenters. The summed E-state index contributed by atoms with van der Waals surface area (Å²) in [5.74, 6) is 0. The zero-order valence-corrected chi connectivity index (χ0v) is 10.8. The molecule has 0 amide bonds.